The van der Waals surface area contributed by atoms with E-state index in [0.29, 0.717) is 6.04 Å². The van der Waals surface area contributed by atoms with Crippen LogP contribution in [0, 0.1) is 5.82 Å². The lowest BCUT2D eigenvalue weighted by molar-refractivity contribution is 0.0999. The SMILES string of the molecule is C[C@H]1CN(Cc2cccc(F)c2)CCN1C. The molecule has 2 rings (SSSR count). The second-order valence-electron chi connectivity index (χ2n) is 4.69. The molecule has 0 N–H and O–H groups in total. The van der Waals surface area contributed by atoms with Crippen LogP contribution in [0.15, 0.2) is 24.3 Å². The first-order chi connectivity index (χ1) is 7.65. The number of halogens is 1. The van der Waals surface area contributed by atoms with E-state index in [-0.39, 0.29) is 5.82 Å². The van der Waals surface area contributed by atoms with E-state index >= 15 is 0 Å². The molecular weight excluding hydrogens is 203 g/mol. The molecule has 0 amide bonds. The normalized spacial score (nSPS) is 23.6. The molecule has 0 bridgehead atoms. The average molecular weight is 222 g/mol. The van der Waals surface area contributed by atoms with Crippen LogP contribution >= 0.6 is 0 Å². The Kier molecular flexibility index (Phi) is 3.56. The van der Waals surface area contributed by atoms with Gasteiger partial charge in [-0.2, -0.15) is 0 Å². The molecule has 2 nitrogen and oxygen atoms in total. The van der Waals surface area contributed by atoms with Gasteiger partial charge in [0.05, 0.1) is 0 Å². The van der Waals surface area contributed by atoms with Gasteiger partial charge >= 0.3 is 0 Å². The molecule has 1 atom stereocenters. The van der Waals surface area contributed by atoms with Gasteiger partial charge in [0.25, 0.3) is 0 Å². The third-order valence-corrected chi connectivity index (χ3v) is 3.34. The number of hydrogen-bond donors (Lipinski definition) is 0. The lowest BCUT2D eigenvalue weighted by Gasteiger charge is -2.37. The van der Waals surface area contributed by atoms with Crippen molar-refractivity contribution >= 4 is 0 Å². The summed E-state index contributed by atoms with van der Waals surface area (Å²) in [5, 5.41) is 0. The van der Waals surface area contributed by atoms with Crippen LogP contribution in [0.3, 0.4) is 0 Å². The molecule has 0 saturated carbocycles. The quantitative estimate of drug-likeness (QED) is 0.754. The minimum atomic E-state index is -0.139. The van der Waals surface area contributed by atoms with E-state index in [4.69, 9.17) is 0 Å². The topological polar surface area (TPSA) is 6.48 Å². The Labute approximate surface area is 96.7 Å². The zero-order valence-electron chi connectivity index (χ0n) is 9.99. The van der Waals surface area contributed by atoms with Gasteiger partial charge in [0.15, 0.2) is 0 Å². The highest BCUT2D eigenvalue weighted by Gasteiger charge is 2.20. The molecule has 0 unspecified atom stereocenters. The van der Waals surface area contributed by atoms with Crippen LogP contribution < -0.4 is 0 Å². The lowest BCUT2D eigenvalue weighted by atomic mass is 10.1. The van der Waals surface area contributed by atoms with Gasteiger partial charge in [-0.25, -0.2) is 4.39 Å². The van der Waals surface area contributed by atoms with Crippen molar-refractivity contribution in [2.24, 2.45) is 0 Å². The van der Waals surface area contributed by atoms with E-state index in [2.05, 4.69) is 23.8 Å². The highest BCUT2D eigenvalue weighted by molar-refractivity contribution is 5.16. The van der Waals surface area contributed by atoms with Crippen LogP contribution in [-0.2, 0) is 6.54 Å². The van der Waals surface area contributed by atoms with Crippen molar-refractivity contribution < 1.29 is 4.39 Å². The third-order valence-electron chi connectivity index (χ3n) is 3.34. The summed E-state index contributed by atoms with van der Waals surface area (Å²) in [5.74, 6) is -0.139. The molecule has 0 aliphatic carbocycles. The average Bonchev–Trinajstić information content (AvgIpc) is 2.24. The number of piperazine rings is 1. The van der Waals surface area contributed by atoms with Gasteiger partial charge < -0.3 is 4.90 Å². The first kappa shape index (κ1) is 11.6. The third kappa shape index (κ3) is 2.80. The zero-order valence-corrected chi connectivity index (χ0v) is 9.99. The summed E-state index contributed by atoms with van der Waals surface area (Å²) in [6.45, 7) is 6.31. The van der Waals surface area contributed by atoms with E-state index < -0.39 is 0 Å². The Hall–Kier alpha value is -0.930. The van der Waals surface area contributed by atoms with Gasteiger partial charge in [-0.3, -0.25) is 4.90 Å². The highest BCUT2D eigenvalue weighted by Crippen LogP contribution is 2.12. The van der Waals surface area contributed by atoms with Crippen LogP contribution in [0.5, 0.6) is 0 Å². The van der Waals surface area contributed by atoms with Gasteiger partial charge in [-0.05, 0) is 31.7 Å². The molecule has 1 aromatic rings. The number of likely N-dealkylation sites (N-methyl/N-ethyl adjacent to an activating group) is 1. The van der Waals surface area contributed by atoms with Gasteiger partial charge in [0, 0.05) is 32.2 Å². The first-order valence-corrected chi connectivity index (χ1v) is 5.82. The number of nitrogens with zero attached hydrogens (tertiary/aromatic N) is 2. The van der Waals surface area contributed by atoms with Gasteiger partial charge in [0.1, 0.15) is 5.82 Å². The smallest absolute Gasteiger partial charge is 0.123 e. The Balaban J connectivity index is 1.95. The highest BCUT2D eigenvalue weighted by atomic mass is 19.1. The summed E-state index contributed by atoms with van der Waals surface area (Å²) in [4.78, 5) is 4.75. The molecule has 1 saturated heterocycles. The molecule has 1 fully saturated rings. The number of hydrogen-bond acceptors (Lipinski definition) is 2. The predicted octanol–water partition coefficient (Wildman–Crippen LogP) is 1.96. The minimum absolute atomic E-state index is 0.139. The van der Waals surface area contributed by atoms with Crippen molar-refractivity contribution in [1.29, 1.82) is 0 Å². The maximum Gasteiger partial charge on any atom is 0.123 e. The summed E-state index contributed by atoms with van der Waals surface area (Å²) in [7, 11) is 2.16. The second kappa shape index (κ2) is 4.93. The second-order valence-corrected chi connectivity index (χ2v) is 4.69. The predicted molar refractivity (Wildman–Crippen MR) is 63.8 cm³/mol. The van der Waals surface area contributed by atoms with Crippen molar-refractivity contribution in [2.45, 2.75) is 19.5 Å². The fourth-order valence-corrected chi connectivity index (χ4v) is 2.16. The largest absolute Gasteiger partial charge is 0.301 e. The van der Waals surface area contributed by atoms with E-state index in [9.17, 15) is 4.39 Å². The Morgan fingerprint density at radius 2 is 2.19 bits per heavy atom. The van der Waals surface area contributed by atoms with Crippen LogP contribution in [0.25, 0.3) is 0 Å². The van der Waals surface area contributed by atoms with E-state index in [1.807, 2.05) is 6.07 Å². The number of benzene rings is 1. The molecule has 0 aromatic heterocycles. The molecule has 0 radical (unpaired) electrons. The Morgan fingerprint density at radius 3 is 2.88 bits per heavy atom. The van der Waals surface area contributed by atoms with Crippen LogP contribution in [0.2, 0.25) is 0 Å². The molecule has 16 heavy (non-hydrogen) atoms. The summed E-state index contributed by atoms with van der Waals surface area (Å²) < 4.78 is 13.0. The van der Waals surface area contributed by atoms with Crippen molar-refractivity contribution in [1.82, 2.24) is 9.80 Å². The van der Waals surface area contributed by atoms with Crippen LogP contribution in [-0.4, -0.2) is 42.5 Å². The standard InChI is InChI=1S/C13H19FN2/c1-11-9-16(7-6-15(11)2)10-12-4-3-5-13(14)8-12/h3-5,8,11H,6-7,9-10H2,1-2H3/t11-/m0/s1. The monoisotopic (exact) mass is 222 g/mol. The molecule has 1 aromatic carbocycles. The summed E-state index contributed by atoms with van der Waals surface area (Å²) in [5.41, 5.74) is 1.07. The van der Waals surface area contributed by atoms with Crippen LogP contribution in [0.4, 0.5) is 4.39 Å². The van der Waals surface area contributed by atoms with Gasteiger partial charge in [0.2, 0.25) is 0 Å². The minimum Gasteiger partial charge on any atom is -0.301 e. The van der Waals surface area contributed by atoms with Gasteiger partial charge in [-0.15, -0.1) is 0 Å². The molecule has 1 aliphatic rings. The molecule has 1 heterocycles. The summed E-state index contributed by atoms with van der Waals surface area (Å²) in [6.07, 6.45) is 0. The van der Waals surface area contributed by atoms with E-state index in [1.165, 1.54) is 6.07 Å². The lowest BCUT2D eigenvalue weighted by Crippen LogP contribution is -2.49. The Bertz CT molecular complexity index is 354. The Morgan fingerprint density at radius 1 is 1.38 bits per heavy atom. The van der Waals surface area contributed by atoms with E-state index in [1.54, 1.807) is 12.1 Å². The molecule has 3 heteroatoms. The van der Waals surface area contributed by atoms with Crippen molar-refractivity contribution in [3.63, 3.8) is 0 Å². The fraction of sp³-hybridized carbons (Fsp3) is 0.538. The van der Waals surface area contributed by atoms with Gasteiger partial charge in [-0.1, -0.05) is 12.1 Å². The van der Waals surface area contributed by atoms with Crippen molar-refractivity contribution in [3.8, 4) is 0 Å². The van der Waals surface area contributed by atoms with Crippen LogP contribution in [0.1, 0.15) is 12.5 Å². The molecule has 1 aliphatic heterocycles. The molecular formula is C13H19FN2. The number of rotatable bonds is 2. The summed E-state index contributed by atoms with van der Waals surface area (Å²) in [6, 6.07) is 7.48. The molecule has 0 spiro atoms. The van der Waals surface area contributed by atoms with E-state index in [0.717, 1.165) is 31.7 Å². The van der Waals surface area contributed by atoms with Crippen molar-refractivity contribution in [3.05, 3.63) is 35.6 Å². The maximum atomic E-state index is 13.0. The van der Waals surface area contributed by atoms with Crippen molar-refractivity contribution in [2.75, 3.05) is 26.7 Å². The first-order valence-electron chi connectivity index (χ1n) is 5.82. The summed E-state index contributed by atoms with van der Waals surface area (Å²) >= 11 is 0. The fourth-order valence-electron chi connectivity index (χ4n) is 2.16. The molecule has 88 valence electrons. The zero-order chi connectivity index (χ0) is 11.5. The maximum absolute atomic E-state index is 13.0.